The molecule has 2 aromatic rings. The van der Waals surface area contributed by atoms with Gasteiger partial charge in [-0.2, -0.15) is 0 Å². The maximum atomic E-state index is 13.1. The van der Waals surface area contributed by atoms with Gasteiger partial charge in [-0.3, -0.25) is 9.69 Å². The third-order valence-corrected chi connectivity index (χ3v) is 5.96. The molecule has 0 bridgehead atoms. The van der Waals surface area contributed by atoms with Gasteiger partial charge in [-0.25, -0.2) is 8.78 Å². The normalized spacial score (nSPS) is 20.7. The largest absolute Gasteiger partial charge is 0.368 e. The number of hydrogen-bond donors (Lipinski definition) is 0. The Bertz CT molecular complexity index is 817. The van der Waals surface area contributed by atoms with Crippen molar-refractivity contribution in [2.24, 2.45) is 5.92 Å². The first-order valence-corrected chi connectivity index (χ1v) is 10.3. The molecule has 0 aliphatic carbocycles. The van der Waals surface area contributed by atoms with E-state index >= 15 is 0 Å². The lowest BCUT2D eigenvalue weighted by atomic mass is 9.95. The van der Waals surface area contributed by atoms with Crippen LogP contribution in [0.3, 0.4) is 0 Å². The molecule has 2 heterocycles. The molecule has 1 amide bonds. The molecule has 1 atom stereocenters. The van der Waals surface area contributed by atoms with Gasteiger partial charge in [0.1, 0.15) is 11.6 Å². The number of nitrogens with zero attached hydrogens (tertiary/aromatic N) is 3. The summed E-state index contributed by atoms with van der Waals surface area (Å²) in [5.41, 5.74) is 2.08. The standard InChI is InChI=1S/C23H27F2N3O/c24-20-5-3-18(4-6-20)16-26-11-1-2-19(17-26)23(29)28-14-12-27(13-15-28)22-9-7-21(25)8-10-22/h3-10,19H,1-2,11-17H2/t19-/m1/s1. The first-order chi connectivity index (χ1) is 14.1. The minimum absolute atomic E-state index is 0.0292. The van der Waals surface area contributed by atoms with Crippen LogP contribution in [-0.4, -0.2) is 55.0 Å². The number of piperidine rings is 1. The SMILES string of the molecule is O=C([C@@H]1CCCN(Cc2ccc(F)cc2)C1)N1CCN(c2ccc(F)cc2)CC1. The first-order valence-electron chi connectivity index (χ1n) is 10.3. The van der Waals surface area contributed by atoms with Gasteiger partial charge in [-0.05, 0) is 61.3 Å². The van der Waals surface area contributed by atoms with E-state index in [4.69, 9.17) is 0 Å². The van der Waals surface area contributed by atoms with Crippen molar-refractivity contribution in [2.75, 3.05) is 44.2 Å². The molecule has 4 rings (SSSR count). The zero-order chi connectivity index (χ0) is 20.2. The molecular formula is C23H27F2N3O. The van der Waals surface area contributed by atoms with Crippen LogP contribution in [-0.2, 0) is 11.3 Å². The summed E-state index contributed by atoms with van der Waals surface area (Å²) in [5.74, 6) is -0.181. The van der Waals surface area contributed by atoms with Gasteiger partial charge in [-0.15, -0.1) is 0 Å². The van der Waals surface area contributed by atoms with Crippen LogP contribution in [0.4, 0.5) is 14.5 Å². The predicted octanol–water partition coefficient (Wildman–Crippen LogP) is 3.53. The highest BCUT2D eigenvalue weighted by atomic mass is 19.1. The number of benzene rings is 2. The summed E-state index contributed by atoms with van der Waals surface area (Å²) in [5, 5.41) is 0. The Balaban J connectivity index is 1.30. The minimum atomic E-state index is -0.231. The Morgan fingerprint density at radius 3 is 2.14 bits per heavy atom. The summed E-state index contributed by atoms with van der Waals surface area (Å²) in [7, 11) is 0. The van der Waals surface area contributed by atoms with E-state index < -0.39 is 0 Å². The van der Waals surface area contributed by atoms with Crippen LogP contribution in [0.2, 0.25) is 0 Å². The van der Waals surface area contributed by atoms with E-state index in [9.17, 15) is 13.6 Å². The van der Waals surface area contributed by atoms with Crippen molar-refractivity contribution in [2.45, 2.75) is 19.4 Å². The van der Waals surface area contributed by atoms with Crippen LogP contribution >= 0.6 is 0 Å². The van der Waals surface area contributed by atoms with Gasteiger partial charge in [-0.1, -0.05) is 12.1 Å². The molecule has 0 unspecified atom stereocenters. The van der Waals surface area contributed by atoms with Crippen LogP contribution in [0.15, 0.2) is 48.5 Å². The van der Waals surface area contributed by atoms with Gasteiger partial charge in [0.2, 0.25) is 5.91 Å². The smallest absolute Gasteiger partial charge is 0.227 e. The molecule has 0 saturated carbocycles. The summed E-state index contributed by atoms with van der Waals surface area (Å²) in [6.07, 6.45) is 1.93. The molecule has 6 heteroatoms. The quantitative estimate of drug-likeness (QED) is 0.787. The zero-order valence-electron chi connectivity index (χ0n) is 16.6. The van der Waals surface area contributed by atoms with Crippen LogP contribution < -0.4 is 4.90 Å². The Morgan fingerprint density at radius 1 is 0.862 bits per heavy atom. The number of carbonyl (C=O) groups is 1. The predicted molar refractivity (Wildman–Crippen MR) is 110 cm³/mol. The molecule has 154 valence electrons. The molecule has 0 aromatic heterocycles. The Hall–Kier alpha value is -2.47. The third-order valence-electron chi connectivity index (χ3n) is 5.96. The fraction of sp³-hybridized carbons (Fsp3) is 0.435. The van der Waals surface area contributed by atoms with Crippen molar-refractivity contribution in [1.29, 1.82) is 0 Å². The van der Waals surface area contributed by atoms with Crippen molar-refractivity contribution in [3.05, 3.63) is 65.7 Å². The summed E-state index contributed by atoms with van der Waals surface area (Å²) in [6.45, 7) is 5.42. The molecule has 29 heavy (non-hydrogen) atoms. The zero-order valence-corrected chi connectivity index (χ0v) is 16.6. The van der Waals surface area contributed by atoms with Gasteiger partial charge in [0.15, 0.2) is 0 Å². The summed E-state index contributed by atoms with van der Waals surface area (Å²) in [6, 6.07) is 13.1. The third kappa shape index (κ3) is 4.93. The van der Waals surface area contributed by atoms with E-state index in [1.54, 1.807) is 12.1 Å². The molecule has 2 aliphatic heterocycles. The van der Waals surface area contributed by atoms with Gasteiger partial charge < -0.3 is 9.80 Å². The first kappa shape index (κ1) is 19.8. The molecule has 2 aromatic carbocycles. The number of anilines is 1. The number of piperazine rings is 1. The number of amides is 1. The lowest BCUT2D eigenvalue weighted by Gasteiger charge is -2.39. The van der Waals surface area contributed by atoms with E-state index in [-0.39, 0.29) is 23.5 Å². The highest BCUT2D eigenvalue weighted by Crippen LogP contribution is 2.23. The lowest BCUT2D eigenvalue weighted by molar-refractivity contribution is -0.137. The second-order valence-corrected chi connectivity index (χ2v) is 7.99. The van der Waals surface area contributed by atoms with Crippen molar-refractivity contribution >= 4 is 11.6 Å². The maximum Gasteiger partial charge on any atom is 0.227 e. The fourth-order valence-electron chi connectivity index (χ4n) is 4.34. The Morgan fingerprint density at radius 2 is 1.48 bits per heavy atom. The highest BCUT2D eigenvalue weighted by Gasteiger charge is 2.31. The topological polar surface area (TPSA) is 26.8 Å². The number of carbonyl (C=O) groups excluding carboxylic acids is 1. The lowest BCUT2D eigenvalue weighted by Crippen LogP contribution is -2.52. The average molecular weight is 399 g/mol. The van der Waals surface area contributed by atoms with Gasteiger partial charge in [0, 0.05) is 45.0 Å². The fourth-order valence-corrected chi connectivity index (χ4v) is 4.34. The molecule has 2 aliphatic rings. The number of likely N-dealkylation sites (tertiary alicyclic amines) is 1. The summed E-state index contributed by atoms with van der Waals surface area (Å²) in [4.78, 5) is 19.5. The molecule has 2 fully saturated rings. The second kappa shape index (κ2) is 8.91. The minimum Gasteiger partial charge on any atom is -0.368 e. The van der Waals surface area contributed by atoms with Crippen molar-refractivity contribution < 1.29 is 13.6 Å². The molecule has 0 spiro atoms. The van der Waals surface area contributed by atoms with E-state index in [1.165, 1.54) is 24.3 Å². The average Bonchev–Trinajstić information content (AvgIpc) is 2.76. The molecule has 2 saturated heterocycles. The van der Waals surface area contributed by atoms with Crippen molar-refractivity contribution in [3.63, 3.8) is 0 Å². The van der Waals surface area contributed by atoms with E-state index in [0.29, 0.717) is 13.1 Å². The van der Waals surface area contributed by atoms with Crippen molar-refractivity contribution in [1.82, 2.24) is 9.80 Å². The number of hydrogen-bond acceptors (Lipinski definition) is 3. The second-order valence-electron chi connectivity index (χ2n) is 7.99. The van der Waals surface area contributed by atoms with E-state index in [0.717, 1.165) is 56.8 Å². The van der Waals surface area contributed by atoms with Crippen molar-refractivity contribution in [3.8, 4) is 0 Å². The number of rotatable bonds is 4. The van der Waals surface area contributed by atoms with Gasteiger partial charge in [0.25, 0.3) is 0 Å². The monoisotopic (exact) mass is 399 g/mol. The molecule has 0 radical (unpaired) electrons. The van der Waals surface area contributed by atoms with Gasteiger partial charge >= 0.3 is 0 Å². The molecule has 4 nitrogen and oxygen atoms in total. The molecular weight excluding hydrogens is 372 g/mol. The Labute approximate surface area is 170 Å². The van der Waals surface area contributed by atoms with Crippen LogP contribution in [0.1, 0.15) is 18.4 Å². The molecule has 0 N–H and O–H groups in total. The van der Waals surface area contributed by atoms with E-state index in [1.807, 2.05) is 17.0 Å². The van der Waals surface area contributed by atoms with Crippen LogP contribution in [0.25, 0.3) is 0 Å². The maximum absolute atomic E-state index is 13.1. The Kier molecular flexibility index (Phi) is 6.09. The van der Waals surface area contributed by atoms with E-state index in [2.05, 4.69) is 9.80 Å². The highest BCUT2D eigenvalue weighted by molar-refractivity contribution is 5.79. The van der Waals surface area contributed by atoms with Gasteiger partial charge in [0.05, 0.1) is 5.92 Å². The number of halogens is 2. The summed E-state index contributed by atoms with van der Waals surface area (Å²) >= 11 is 0. The van der Waals surface area contributed by atoms with Crippen LogP contribution in [0.5, 0.6) is 0 Å². The van der Waals surface area contributed by atoms with Crippen LogP contribution in [0, 0.1) is 17.6 Å². The summed E-state index contributed by atoms with van der Waals surface area (Å²) < 4.78 is 26.2.